The zero-order valence-electron chi connectivity index (χ0n) is 11.7. The monoisotopic (exact) mass is 294 g/mol. The second kappa shape index (κ2) is 5.69. The summed E-state index contributed by atoms with van der Waals surface area (Å²) in [6.07, 6.45) is 3.59. The van der Waals surface area contributed by atoms with E-state index < -0.39 is 4.92 Å². The summed E-state index contributed by atoms with van der Waals surface area (Å²) >= 11 is 0. The van der Waals surface area contributed by atoms with Gasteiger partial charge in [0.25, 0.3) is 5.69 Å². The number of imidazole rings is 1. The first-order valence-corrected chi connectivity index (χ1v) is 6.74. The van der Waals surface area contributed by atoms with Gasteiger partial charge in [-0.1, -0.05) is 12.1 Å². The lowest BCUT2D eigenvalue weighted by Gasteiger charge is -2.08. The van der Waals surface area contributed by atoms with Crippen molar-refractivity contribution in [3.8, 4) is 11.4 Å². The molecule has 0 unspecified atom stereocenters. The summed E-state index contributed by atoms with van der Waals surface area (Å²) in [4.78, 5) is 14.6. The van der Waals surface area contributed by atoms with Crippen LogP contribution in [0.2, 0.25) is 0 Å². The molecule has 22 heavy (non-hydrogen) atoms. The van der Waals surface area contributed by atoms with Crippen LogP contribution >= 0.6 is 0 Å². The second-order valence-electron chi connectivity index (χ2n) is 4.93. The summed E-state index contributed by atoms with van der Waals surface area (Å²) in [7, 11) is 0. The molecule has 0 fully saturated rings. The van der Waals surface area contributed by atoms with Crippen LogP contribution in [-0.2, 0) is 6.54 Å². The minimum atomic E-state index is -0.414. The van der Waals surface area contributed by atoms with Crippen molar-refractivity contribution in [3.63, 3.8) is 0 Å². The van der Waals surface area contributed by atoms with Crippen molar-refractivity contribution in [2.45, 2.75) is 6.54 Å². The molecule has 2 N–H and O–H groups in total. The van der Waals surface area contributed by atoms with Gasteiger partial charge >= 0.3 is 0 Å². The van der Waals surface area contributed by atoms with Gasteiger partial charge in [-0.25, -0.2) is 4.98 Å². The van der Waals surface area contributed by atoms with Gasteiger partial charge in [0.1, 0.15) is 5.82 Å². The molecule has 0 aliphatic rings. The number of rotatable bonds is 4. The maximum atomic E-state index is 10.7. The summed E-state index contributed by atoms with van der Waals surface area (Å²) in [5, 5.41) is 10.7. The van der Waals surface area contributed by atoms with Gasteiger partial charge in [-0.3, -0.25) is 10.1 Å². The summed E-state index contributed by atoms with van der Waals surface area (Å²) in [5.41, 5.74) is 8.48. The number of aromatic nitrogens is 2. The molecule has 0 spiro atoms. The average molecular weight is 294 g/mol. The fourth-order valence-corrected chi connectivity index (χ4v) is 2.32. The predicted molar refractivity (Wildman–Crippen MR) is 84.3 cm³/mol. The molecule has 1 aromatic heterocycles. The third-order valence-corrected chi connectivity index (χ3v) is 3.36. The molecular formula is C16H14N4O2. The molecule has 6 heteroatoms. The van der Waals surface area contributed by atoms with Gasteiger partial charge in [-0.2, -0.15) is 0 Å². The number of anilines is 1. The molecule has 0 radical (unpaired) electrons. The Balaban J connectivity index is 1.90. The van der Waals surface area contributed by atoms with Crippen molar-refractivity contribution in [1.82, 2.24) is 9.55 Å². The van der Waals surface area contributed by atoms with Gasteiger partial charge in [0, 0.05) is 42.3 Å². The zero-order chi connectivity index (χ0) is 15.5. The van der Waals surface area contributed by atoms with Crippen molar-refractivity contribution < 1.29 is 4.92 Å². The topological polar surface area (TPSA) is 87.0 Å². The molecular weight excluding hydrogens is 280 g/mol. The van der Waals surface area contributed by atoms with E-state index >= 15 is 0 Å². The summed E-state index contributed by atoms with van der Waals surface area (Å²) in [5.74, 6) is 0.761. The lowest BCUT2D eigenvalue weighted by atomic mass is 10.1. The highest BCUT2D eigenvalue weighted by Crippen LogP contribution is 2.22. The number of nitrogen functional groups attached to an aromatic ring is 1. The number of nitrogens with two attached hydrogens (primary N) is 1. The van der Waals surface area contributed by atoms with E-state index in [1.807, 2.05) is 35.0 Å². The van der Waals surface area contributed by atoms with Crippen LogP contribution in [0.15, 0.2) is 60.9 Å². The molecule has 0 saturated heterocycles. The summed E-state index contributed by atoms with van der Waals surface area (Å²) in [6.45, 7) is 0.636. The minimum Gasteiger partial charge on any atom is -0.399 e. The molecule has 0 atom stereocenters. The van der Waals surface area contributed by atoms with Crippen LogP contribution in [-0.4, -0.2) is 14.5 Å². The molecule has 0 aliphatic heterocycles. The maximum Gasteiger partial charge on any atom is 0.269 e. The maximum absolute atomic E-state index is 10.7. The number of nitro groups is 1. The van der Waals surface area contributed by atoms with Crippen LogP contribution < -0.4 is 5.73 Å². The first-order chi connectivity index (χ1) is 10.6. The Morgan fingerprint density at radius 3 is 2.64 bits per heavy atom. The third kappa shape index (κ3) is 2.80. The molecule has 110 valence electrons. The fourth-order valence-electron chi connectivity index (χ4n) is 2.32. The highest BCUT2D eigenvalue weighted by atomic mass is 16.6. The van der Waals surface area contributed by atoms with Crippen molar-refractivity contribution >= 4 is 11.4 Å². The van der Waals surface area contributed by atoms with Crippen LogP contribution in [0.1, 0.15) is 5.56 Å². The third-order valence-electron chi connectivity index (χ3n) is 3.36. The Labute approximate surface area is 127 Å². The van der Waals surface area contributed by atoms with Gasteiger partial charge in [0.2, 0.25) is 0 Å². The molecule has 6 nitrogen and oxygen atoms in total. The minimum absolute atomic E-state index is 0.0673. The smallest absolute Gasteiger partial charge is 0.269 e. The van der Waals surface area contributed by atoms with E-state index in [-0.39, 0.29) is 5.69 Å². The standard InChI is InChI=1S/C16H14N4O2/c17-14-3-1-2-12(10-14)11-19-9-8-18-16(19)13-4-6-15(7-5-13)20(21)22/h1-10H,11,17H2. The summed E-state index contributed by atoms with van der Waals surface area (Å²) < 4.78 is 1.98. The number of hydrogen-bond acceptors (Lipinski definition) is 4. The SMILES string of the molecule is Nc1cccc(Cn2ccnc2-c2ccc([N+](=O)[O-])cc2)c1. The number of nitro benzene ring substituents is 1. The van der Waals surface area contributed by atoms with Gasteiger partial charge in [0.15, 0.2) is 0 Å². The number of hydrogen-bond donors (Lipinski definition) is 1. The first kappa shape index (κ1) is 13.8. The van der Waals surface area contributed by atoms with E-state index in [9.17, 15) is 10.1 Å². The lowest BCUT2D eigenvalue weighted by Crippen LogP contribution is -2.01. The van der Waals surface area contributed by atoms with E-state index in [0.717, 1.165) is 22.6 Å². The van der Waals surface area contributed by atoms with E-state index in [2.05, 4.69) is 4.98 Å². The summed E-state index contributed by atoms with van der Waals surface area (Å²) in [6, 6.07) is 14.0. The molecule has 0 saturated carbocycles. The average Bonchev–Trinajstić information content (AvgIpc) is 2.95. The zero-order valence-corrected chi connectivity index (χ0v) is 11.7. The second-order valence-corrected chi connectivity index (χ2v) is 4.93. The van der Waals surface area contributed by atoms with Gasteiger partial charge in [-0.05, 0) is 29.8 Å². The van der Waals surface area contributed by atoms with Crippen molar-refractivity contribution in [2.24, 2.45) is 0 Å². The number of non-ortho nitro benzene ring substituents is 1. The van der Waals surface area contributed by atoms with E-state index in [0.29, 0.717) is 6.54 Å². The largest absolute Gasteiger partial charge is 0.399 e. The lowest BCUT2D eigenvalue weighted by molar-refractivity contribution is -0.384. The van der Waals surface area contributed by atoms with E-state index in [4.69, 9.17) is 5.73 Å². The normalized spacial score (nSPS) is 10.5. The molecule has 3 rings (SSSR count). The molecule has 1 heterocycles. The van der Waals surface area contributed by atoms with Crippen molar-refractivity contribution in [1.29, 1.82) is 0 Å². The van der Waals surface area contributed by atoms with Crippen LogP contribution in [0.25, 0.3) is 11.4 Å². The first-order valence-electron chi connectivity index (χ1n) is 6.74. The molecule has 0 bridgehead atoms. The van der Waals surface area contributed by atoms with E-state index in [1.165, 1.54) is 12.1 Å². The van der Waals surface area contributed by atoms with Crippen LogP contribution in [0.3, 0.4) is 0 Å². The van der Waals surface area contributed by atoms with E-state index in [1.54, 1.807) is 18.3 Å². The molecule has 3 aromatic rings. The number of benzene rings is 2. The van der Waals surface area contributed by atoms with Crippen LogP contribution in [0.5, 0.6) is 0 Å². The molecule has 2 aromatic carbocycles. The van der Waals surface area contributed by atoms with Crippen molar-refractivity contribution in [3.05, 3.63) is 76.6 Å². The Hall–Kier alpha value is -3.15. The van der Waals surface area contributed by atoms with Gasteiger partial charge < -0.3 is 10.3 Å². The fraction of sp³-hybridized carbons (Fsp3) is 0.0625. The van der Waals surface area contributed by atoms with Crippen LogP contribution in [0.4, 0.5) is 11.4 Å². The highest BCUT2D eigenvalue weighted by molar-refractivity contribution is 5.58. The van der Waals surface area contributed by atoms with Gasteiger partial charge in [0.05, 0.1) is 4.92 Å². The van der Waals surface area contributed by atoms with Crippen LogP contribution in [0, 0.1) is 10.1 Å². The molecule has 0 amide bonds. The Morgan fingerprint density at radius 1 is 1.18 bits per heavy atom. The van der Waals surface area contributed by atoms with Crippen molar-refractivity contribution in [2.75, 3.05) is 5.73 Å². The quantitative estimate of drug-likeness (QED) is 0.455. The Kier molecular flexibility index (Phi) is 3.57. The number of nitrogens with zero attached hydrogens (tertiary/aromatic N) is 3. The Morgan fingerprint density at radius 2 is 1.95 bits per heavy atom. The molecule has 0 aliphatic carbocycles. The Bertz CT molecular complexity index is 809. The highest BCUT2D eigenvalue weighted by Gasteiger charge is 2.09. The predicted octanol–water partition coefficient (Wildman–Crippen LogP) is 3.09. The van der Waals surface area contributed by atoms with Gasteiger partial charge in [-0.15, -0.1) is 0 Å².